The molecular weight excluding hydrogens is 294 g/mol. The normalized spacial score (nSPS) is 19.0. The van der Waals surface area contributed by atoms with Gasteiger partial charge in [0.1, 0.15) is 6.73 Å². The van der Waals surface area contributed by atoms with Gasteiger partial charge >= 0.3 is 0 Å². The van der Waals surface area contributed by atoms with Gasteiger partial charge in [-0.05, 0) is 45.6 Å². The molecule has 1 aliphatic rings. The standard InChI is InChI=1S/C17H29N3O3/c1-5-22-11-20-14(4)16(13(3)19-20)9-12(2)17(21)18-10-15-7-6-8-23-15/h12,15H,5-11H2,1-4H3,(H,18,21)/t12-,15-/m0/s1. The second kappa shape index (κ2) is 8.45. The monoisotopic (exact) mass is 323 g/mol. The fourth-order valence-electron chi connectivity index (χ4n) is 2.93. The lowest BCUT2D eigenvalue weighted by molar-refractivity contribution is -0.125. The van der Waals surface area contributed by atoms with Gasteiger partial charge in [-0.2, -0.15) is 5.10 Å². The molecule has 0 radical (unpaired) electrons. The molecule has 2 heterocycles. The fourth-order valence-corrected chi connectivity index (χ4v) is 2.93. The minimum absolute atomic E-state index is 0.0804. The van der Waals surface area contributed by atoms with Gasteiger partial charge < -0.3 is 14.8 Å². The summed E-state index contributed by atoms with van der Waals surface area (Å²) < 4.78 is 12.8. The summed E-state index contributed by atoms with van der Waals surface area (Å²) in [5.74, 6) is -0.00425. The fraction of sp³-hybridized carbons (Fsp3) is 0.765. The van der Waals surface area contributed by atoms with Gasteiger partial charge in [-0.15, -0.1) is 0 Å². The number of ether oxygens (including phenoxy) is 2. The van der Waals surface area contributed by atoms with Crippen LogP contribution in [0.15, 0.2) is 0 Å². The Morgan fingerprint density at radius 2 is 2.30 bits per heavy atom. The maximum Gasteiger partial charge on any atom is 0.223 e. The molecule has 2 atom stereocenters. The van der Waals surface area contributed by atoms with Crippen molar-refractivity contribution in [1.82, 2.24) is 15.1 Å². The van der Waals surface area contributed by atoms with E-state index < -0.39 is 0 Å². The third kappa shape index (κ3) is 4.78. The molecule has 2 rings (SSSR count). The van der Waals surface area contributed by atoms with Crippen LogP contribution >= 0.6 is 0 Å². The van der Waals surface area contributed by atoms with Crippen LogP contribution in [0.3, 0.4) is 0 Å². The van der Waals surface area contributed by atoms with Crippen molar-refractivity contribution in [3.8, 4) is 0 Å². The average Bonchev–Trinajstić information content (AvgIpc) is 3.14. The van der Waals surface area contributed by atoms with E-state index in [4.69, 9.17) is 9.47 Å². The van der Waals surface area contributed by atoms with E-state index in [2.05, 4.69) is 10.4 Å². The molecule has 6 heteroatoms. The Morgan fingerprint density at radius 1 is 1.52 bits per heavy atom. The van der Waals surface area contributed by atoms with Gasteiger partial charge in [0.25, 0.3) is 0 Å². The maximum atomic E-state index is 12.3. The summed E-state index contributed by atoms with van der Waals surface area (Å²) in [5.41, 5.74) is 3.19. The molecule has 0 saturated carbocycles. The van der Waals surface area contributed by atoms with Crippen LogP contribution in [0.2, 0.25) is 0 Å². The molecule has 1 fully saturated rings. The van der Waals surface area contributed by atoms with Crippen molar-refractivity contribution in [1.29, 1.82) is 0 Å². The summed E-state index contributed by atoms with van der Waals surface area (Å²) in [6.45, 7) is 10.5. The van der Waals surface area contributed by atoms with Crippen LogP contribution in [-0.4, -0.2) is 41.6 Å². The van der Waals surface area contributed by atoms with Gasteiger partial charge in [0.05, 0.1) is 11.8 Å². The smallest absolute Gasteiger partial charge is 0.223 e. The zero-order valence-electron chi connectivity index (χ0n) is 14.7. The summed E-state index contributed by atoms with van der Waals surface area (Å²) in [6, 6.07) is 0. The van der Waals surface area contributed by atoms with Crippen molar-refractivity contribution in [3.63, 3.8) is 0 Å². The van der Waals surface area contributed by atoms with E-state index in [-0.39, 0.29) is 17.9 Å². The molecule has 6 nitrogen and oxygen atoms in total. The quantitative estimate of drug-likeness (QED) is 0.794. The van der Waals surface area contributed by atoms with Crippen molar-refractivity contribution in [2.24, 2.45) is 5.92 Å². The molecule has 0 aliphatic carbocycles. The van der Waals surface area contributed by atoms with E-state index in [1.165, 1.54) is 0 Å². The van der Waals surface area contributed by atoms with Gasteiger partial charge in [0.15, 0.2) is 0 Å². The molecule has 1 amide bonds. The van der Waals surface area contributed by atoms with Crippen LogP contribution in [0.4, 0.5) is 0 Å². The third-order valence-electron chi connectivity index (χ3n) is 4.43. The Bertz CT molecular complexity index is 521. The summed E-state index contributed by atoms with van der Waals surface area (Å²) in [6.07, 6.45) is 3.01. The second-order valence-corrected chi connectivity index (χ2v) is 6.26. The van der Waals surface area contributed by atoms with Crippen molar-refractivity contribution < 1.29 is 14.3 Å². The van der Waals surface area contributed by atoms with Crippen molar-refractivity contribution in [3.05, 3.63) is 17.0 Å². The van der Waals surface area contributed by atoms with Crippen LogP contribution in [0.25, 0.3) is 0 Å². The molecule has 1 aromatic heterocycles. The number of hydrogen-bond donors (Lipinski definition) is 1. The molecule has 0 spiro atoms. The van der Waals surface area contributed by atoms with Gasteiger partial charge in [-0.1, -0.05) is 6.92 Å². The van der Waals surface area contributed by atoms with Crippen LogP contribution in [0.5, 0.6) is 0 Å². The first kappa shape index (κ1) is 17.9. The van der Waals surface area contributed by atoms with E-state index in [1.54, 1.807) is 0 Å². The van der Waals surface area contributed by atoms with Gasteiger partial charge in [-0.25, -0.2) is 4.68 Å². The van der Waals surface area contributed by atoms with Crippen molar-refractivity contribution >= 4 is 5.91 Å². The topological polar surface area (TPSA) is 65.4 Å². The molecule has 0 bridgehead atoms. The Kier molecular flexibility index (Phi) is 6.59. The van der Waals surface area contributed by atoms with E-state index in [9.17, 15) is 4.79 Å². The Balaban J connectivity index is 1.89. The highest BCUT2D eigenvalue weighted by Gasteiger charge is 2.21. The second-order valence-electron chi connectivity index (χ2n) is 6.26. The predicted molar refractivity (Wildman–Crippen MR) is 88.2 cm³/mol. The molecule has 23 heavy (non-hydrogen) atoms. The predicted octanol–water partition coefficient (Wildman–Crippen LogP) is 1.97. The van der Waals surface area contributed by atoms with Crippen LogP contribution in [-0.2, 0) is 27.4 Å². The first-order chi connectivity index (χ1) is 11.0. The largest absolute Gasteiger partial charge is 0.376 e. The van der Waals surface area contributed by atoms with E-state index in [0.717, 1.165) is 36.4 Å². The number of nitrogens with zero attached hydrogens (tertiary/aromatic N) is 2. The third-order valence-corrected chi connectivity index (χ3v) is 4.43. The number of carbonyl (C=O) groups is 1. The minimum Gasteiger partial charge on any atom is -0.376 e. The van der Waals surface area contributed by atoms with Crippen LogP contribution in [0, 0.1) is 19.8 Å². The SMILES string of the molecule is CCOCn1nc(C)c(C[C@H](C)C(=O)NC[C@@H]2CCCO2)c1C. The van der Waals surface area contributed by atoms with Crippen LogP contribution in [0.1, 0.15) is 43.6 Å². The number of carbonyl (C=O) groups excluding carboxylic acids is 1. The van der Waals surface area contributed by atoms with Gasteiger partial charge in [-0.3, -0.25) is 4.79 Å². The van der Waals surface area contributed by atoms with E-state index in [0.29, 0.717) is 26.3 Å². The molecular formula is C17H29N3O3. The summed E-state index contributed by atoms with van der Waals surface area (Å²) in [5, 5.41) is 7.52. The summed E-state index contributed by atoms with van der Waals surface area (Å²) in [4.78, 5) is 12.3. The number of nitrogens with one attached hydrogen (secondary N) is 1. The lowest BCUT2D eigenvalue weighted by Crippen LogP contribution is -2.36. The highest BCUT2D eigenvalue weighted by Crippen LogP contribution is 2.18. The molecule has 1 aliphatic heterocycles. The molecule has 130 valence electrons. The Morgan fingerprint density at radius 3 is 2.96 bits per heavy atom. The maximum absolute atomic E-state index is 12.3. The zero-order chi connectivity index (χ0) is 16.8. The van der Waals surface area contributed by atoms with Crippen molar-refractivity contribution in [2.45, 2.75) is 59.8 Å². The minimum atomic E-state index is -0.0847. The molecule has 1 saturated heterocycles. The molecule has 1 aromatic rings. The Labute approximate surface area is 138 Å². The van der Waals surface area contributed by atoms with Crippen molar-refractivity contribution in [2.75, 3.05) is 19.8 Å². The first-order valence-electron chi connectivity index (χ1n) is 8.52. The number of aryl methyl sites for hydroxylation is 1. The number of hydrogen-bond acceptors (Lipinski definition) is 4. The number of rotatable bonds is 8. The van der Waals surface area contributed by atoms with Crippen LogP contribution < -0.4 is 5.32 Å². The van der Waals surface area contributed by atoms with Gasteiger partial charge in [0, 0.05) is 31.4 Å². The highest BCUT2D eigenvalue weighted by atomic mass is 16.5. The molecule has 0 unspecified atom stereocenters. The molecule has 1 N–H and O–H groups in total. The highest BCUT2D eigenvalue weighted by molar-refractivity contribution is 5.78. The summed E-state index contributed by atoms with van der Waals surface area (Å²) >= 11 is 0. The zero-order valence-corrected chi connectivity index (χ0v) is 14.7. The first-order valence-corrected chi connectivity index (χ1v) is 8.52. The number of amides is 1. The number of aromatic nitrogens is 2. The average molecular weight is 323 g/mol. The van der Waals surface area contributed by atoms with E-state index >= 15 is 0 Å². The lowest BCUT2D eigenvalue weighted by Gasteiger charge is -2.15. The van der Waals surface area contributed by atoms with Gasteiger partial charge in [0.2, 0.25) is 5.91 Å². The summed E-state index contributed by atoms with van der Waals surface area (Å²) in [7, 11) is 0. The lowest BCUT2D eigenvalue weighted by atomic mass is 9.99. The van der Waals surface area contributed by atoms with E-state index in [1.807, 2.05) is 32.4 Å². The Hall–Kier alpha value is -1.40. The molecule has 0 aromatic carbocycles.